The molecule has 2 nitrogen and oxygen atoms in total. The predicted octanol–water partition coefficient (Wildman–Crippen LogP) is 4.08. The number of rotatable bonds is 7. The second-order valence-electron chi connectivity index (χ2n) is 6.27. The van der Waals surface area contributed by atoms with Crippen LogP contribution in [0.15, 0.2) is 60.7 Å². The Labute approximate surface area is 147 Å². The van der Waals surface area contributed by atoms with Crippen LogP contribution in [0.4, 0.5) is 0 Å². The average Bonchev–Trinajstić information content (AvgIpc) is 2.65. The summed E-state index contributed by atoms with van der Waals surface area (Å²) >= 11 is 0. The first-order chi connectivity index (χ1) is 12.9. The van der Waals surface area contributed by atoms with Crippen molar-refractivity contribution >= 4 is 0 Å². The van der Waals surface area contributed by atoms with Gasteiger partial charge in [-0.3, -0.25) is 0 Å². The van der Waals surface area contributed by atoms with E-state index >= 15 is 0 Å². The molecular weight excluding hydrogens is 282 g/mol. The maximum atomic E-state index is 11.4. The minimum absolute atomic E-state index is 0.0394. The zero-order chi connectivity index (χ0) is 21.2. The normalized spacial score (nSPS) is 19.1. The average molecular weight is 316 g/mol. The van der Waals surface area contributed by atoms with Crippen LogP contribution >= 0.6 is 0 Å². The van der Waals surface area contributed by atoms with Crippen molar-refractivity contribution in [3.05, 3.63) is 71.8 Å². The quantitative estimate of drug-likeness (QED) is 0.832. The molecule has 23 heavy (non-hydrogen) atoms. The van der Waals surface area contributed by atoms with E-state index in [2.05, 4.69) is 0 Å². The molecule has 0 amide bonds. The van der Waals surface area contributed by atoms with Gasteiger partial charge >= 0.3 is 0 Å². The van der Waals surface area contributed by atoms with Gasteiger partial charge in [0.2, 0.25) is 0 Å². The van der Waals surface area contributed by atoms with Gasteiger partial charge in [-0.15, -0.1) is 0 Å². The third-order valence-electron chi connectivity index (χ3n) is 4.68. The number of hydrogen-bond donors (Lipinski definition) is 1. The number of nitrogens with zero attached hydrogens (tertiary/aromatic N) is 1. The largest absolute Gasteiger partial charge is 0.392 e. The van der Waals surface area contributed by atoms with E-state index in [-0.39, 0.29) is 6.04 Å². The van der Waals surface area contributed by atoms with Crippen LogP contribution in [0.25, 0.3) is 0 Å². The van der Waals surface area contributed by atoms with Crippen molar-refractivity contribution in [1.82, 2.24) is 4.90 Å². The molecule has 2 atom stereocenters. The lowest BCUT2D eigenvalue weighted by molar-refractivity contribution is 0.0773. The molecule has 124 valence electrons. The van der Waals surface area contributed by atoms with E-state index in [0.717, 1.165) is 0 Å². The van der Waals surface area contributed by atoms with Crippen LogP contribution in [0.5, 0.6) is 0 Å². The Kier molecular flexibility index (Phi) is 3.99. The fourth-order valence-corrected chi connectivity index (χ4v) is 3.07. The van der Waals surface area contributed by atoms with Crippen LogP contribution in [-0.2, 0) is 5.41 Å². The highest BCUT2D eigenvalue weighted by Gasteiger charge is 2.41. The molecule has 2 unspecified atom stereocenters. The molecule has 0 fully saturated rings. The molecule has 0 saturated carbocycles. The molecule has 0 spiro atoms. The van der Waals surface area contributed by atoms with Gasteiger partial charge in [-0.25, -0.2) is 0 Å². The Morgan fingerprint density at radius 3 is 1.91 bits per heavy atom. The summed E-state index contributed by atoms with van der Waals surface area (Å²) in [6.07, 6.45) is -4.23. The molecule has 2 heteroatoms. The molecular formula is C21H29NO. The summed E-state index contributed by atoms with van der Waals surface area (Å²) in [5.41, 5.74) is 0.149. The molecule has 0 radical (unpaired) electrons. The van der Waals surface area contributed by atoms with Crippen molar-refractivity contribution in [2.45, 2.75) is 44.1 Å². The van der Waals surface area contributed by atoms with E-state index < -0.39 is 24.7 Å². The lowest BCUT2D eigenvalue weighted by Gasteiger charge is -2.42. The number of hydrogen-bond acceptors (Lipinski definition) is 2. The zero-order valence-electron chi connectivity index (χ0n) is 19.0. The first-order valence-electron chi connectivity index (χ1n) is 10.4. The standard InChI is InChI=1S/C21H29NO/c1-5-20(23)21(16-17(2)22(3)4,18-12-8-6-9-13-18)19-14-10-7-11-15-19/h6-15,17,20,23H,5,16H2,1-4H3/i1D3,5D2. The summed E-state index contributed by atoms with van der Waals surface area (Å²) in [6, 6.07) is 18.3. The Hall–Kier alpha value is -1.64. The van der Waals surface area contributed by atoms with Gasteiger partial charge in [0.15, 0.2) is 0 Å². The Morgan fingerprint density at radius 2 is 1.52 bits per heavy atom. The molecule has 0 aromatic heterocycles. The highest BCUT2D eigenvalue weighted by molar-refractivity contribution is 5.41. The third kappa shape index (κ3) is 3.65. The van der Waals surface area contributed by atoms with E-state index in [1.165, 1.54) is 0 Å². The number of aliphatic hydroxyl groups excluding tert-OH is 1. The second-order valence-corrected chi connectivity index (χ2v) is 6.27. The molecule has 0 bridgehead atoms. The molecule has 0 aliphatic carbocycles. The van der Waals surface area contributed by atoms with Gasteiger partial charge in [0.1, 0.15) is 0 Å². The summed E-state index contributed by atoms with van der Waals surface area (Å²) in [5.74, 6) is 0. The Morgan fingerprint density at radius 1 is 1.04 bits per heavy atom. The number of benzene rings is 2. The molecule has 2 rings (SSSR count). The van der Waals surface area contributed by atoms with Crippen LogP contribution < -0.4 is 0 Å². The van der Waals surface area contributed by atoms with E-state index in [9.17, 15) is 5.11 Å². The highest BCUT2D eigenvalue weighted by atomic mass is 16.3. The van der Waals surface area contributed by atoms with E-state index in [1.807, 2.05) is 86.6 Å². The van der Waals surface area contributed by atoms with Crippen molar-refractivity contribution in [2.24, 2.45) is 0 Å². The van der Waals surface area contributed by atoms with Crippen LogP contribution in [0.3, 0.4) is 0 Å². The molecule has 0 heterocycles. The van der Waals surface area contributed by atoms with Crippen molar-refractivity contribution in [3.8, 4) is 0 Å². The van der Waals surface area contributed by atoms with Crippen molar-refractivity contribution in [2.75, 3.05) is 14.1 Å². The maximum Gasteiger partial charge on any atom is 0.0675 e. The van der Waals surface area contributed by atoms with Crippen LogP contribution in [0, 0.1) is 0 Å². The van der Waals surface area contributed by atoms with Gasteiger partial charge in [0.25, 0.3) is 0 Å². The van der Waals surface area contributed by atoms with Gasteiger partial charge < -0.3 is 10.0 Å². The van der Waals surface area contributed by atoms with Gasteiger partial charge in [-0.05, 0) is 44.9 Å². The van der Waals surface area contributed by atoms with Crippen molar-refractivity contribution in [3.63, 3.8) is 0 Å². The molecule has 0 aliphatic rings. The molecule has 2 aromatic rings. The predicted molar refractivity (Wildman–Crippen MR) is 97.7 cm³/mol. The van der Waals surface area contributed by atoms with Crippen molar-refractivity contribution < 1.29 is 12.0 Å². The zero-order valence-corrected chi connectivity index (χ0v) is 14.0. The topological polar surface area (TPSA) is 23.5 Å². The first-order valence-corrected chi connectivity index (χ1v) is 7.90. The summed E-state index contributed by atoms with van der Waals surface area (Å²) in [5, 5.41) is 11.4. The fourth-order valence-electron chi connectivity index (χ4n) is 3.07. The van der Waals surface area contributed by atoms with Crippen molar-refractivity contribution in [1.29, 1.82) is 0 Å². The van der Waals surface area contributed by atoms with E-state index in [0.29, 0.717) is 17.5 Å². The SMILES string of the molecule is [2H]C([2H])([2H])C([2H])([2H])C(O)C(CC(C)N(C)C)(c1ccccc1)c1ccccc1. The van der Waals surface area contributed by atoms with Gasteiger partial charge in [0, 0.05) is 18.3 Å². The minimum Gasteiger partial charge on any atom is -0.392 e. The Balaban J connectivity index is 2.81. The molecule has 0 saturated heterocycles. The van der Waals surface area contributed by atoms with Crippen LogP contribution in [0.2, 0.25) is 0 Å². The minimum atomic E-state index is -2.97. The lowest BCUT2D eigenvalue weighted by Crippen LogP contribution is -2.45. The molecule has 1 N–H and O–H groups in total. The van der Waals surface area contributed by atoms with E-state index in [4.69, 9.17) is 6.85 Å². The lowest BCUT2D eigenvalue weighted by atomic mass is 9.66. The van der Waals surface area contributed by atoms with Gasteiger partial charge in [0.05, 0.1) is 6.10 Å². The summed E-state index contributed by atoms with van der Waals surface area (Å²) in [4.78, 5) is 1.98. The number of aliphatic hydroxyl groups is 1. The maximum absolute atomic E-state index is 11.4. The first kappa shape index (κ1) is 11.8. The second kappa shape index (κ2) is 7.76. The molecule has 0 aliphatic heterocycles. The van der Waals surface area contributed by atoms with Gasteiger partial charge in [-0.1, -0.05) is 67.5 Å². The third-order valence-corrected chi connectivity index (χ3v) is 4.68. The molecule has 2 aromatic carbocycles. The van der Waals surface area contributed by atoms with Crippen LogP contribution in [-0.4, -0.2) is 36.2 Å². The van der Waals surface area contributed by atoms with Gasteiger partial charge in [-0.2, -0.15) is 0 Å². The fraction of sp³-hybridized carbons (Fsp3) is 0.429. The Bertz CT molecular complexity index is 707. The monoisotopic (exact) mass is 316 g/mol. The summed E-state index contributed by atoms with van der Waals surface area (Å²) in [6.45, 7) is -0.985. The smallest absolute Gasteiger partial charge is 0.0675 e. The summed E-state index contributed by atoms with van der Waals surface area (Å²) < 4.78 is 39.8. The van der Waals surface area contributed by atoms with E-state index in [1.54, 1.807) is 0 Å². The summed E-state index contributed by atoms with van der Waals surface area (Å²) in [7, 11) is 3.83. The van der Waals surface area contributed by atoms with Crippen LogP contribution in [0.1, 0.15) is 44.6 Å². The highest BCUT2D eigenvalue weighted by Crippen LogP contribution is 2.41.